The summed E-state index contributed by atoms with van der Waals surface area (Å²) in [5.74, 6) is 1.56. The van der Waals surface area contributed by atoms with Crippen molar-refractivity contribution in [2.45, 2.75) is 39.2 Å². The average molecular weight is 256 g/mol. The zero-order valence-electron chi connectivity index (χ0n) is 11.5. The second-order valence-corrected chi connectivity index (χ2v) is 5.59. The number of rotatable bonds is 3. The maximum atomic E-state index is 5.24. The third kappa shape index (κ3) is 2.80. The van der Waals surface area contributed by atoms with Crippen LogP contribution in [0.15, 0.2) is 34.9 Å². The van der Waals surface area contributed by atoms with Crippen LogP contribution < -0.4 is 5.32 Å². The van der Waals surface area contributed by atoms with Crippen LogP contribution in [0.25, 0.3) is 11.3 Å². The molecule has 1 aliphatic rings. The summed E-state index contributed by atoms with van der Waals surface area (Å²) in [4.78, 5) is 4.34. The fraction of sp³-hybridized carbons (Fsp3) is 0.438. The lowest BCUT2D eigenvalue weighted by molar-refractivity contribution is 0.521. The summed E-state index contributed by atoms with van der Waals surface area (Å²) >= 11 is 0. The lowest BCUT2D eigenvalue weighted by Gasteiger charge is -2.14. The minimum Gasteiger partial charge on any atom is -0.449 e. The van der Waals surface area contributed by atoms with Gasteiger partial charge in [-0.15, -0.1) is 0 Å². The Labute approximate surface area is 114 Å². The van der Waals surface area contributed by atoms with E-state index in [2.05, 4.69) is 41.5 Å². The van der Waals surface area contributed by atoms with E-state index in [1.807, 2.05) is 6.92 Å². The molecule has 0 spiro atoms. The van der Waals surface area contributed by atoms with Crippen LogP contribution in [-0.2, 0) is 0 Å². The first-order valence-electron chi connectivity index (χ1n) is 7.00. The number of hydrogen-bond donors (Lipinski definition) is 1. The quantitative estimate of drug-likeness (QED) is 0.892. The van der Waals surface area contributed by atoms with E-state index in [9.17, 15) is 0 Å². The molecule has 0 amide bonds. The van der Waals surface area contributed by atoms with E-state index >= 15 is 0 Å². The van der Waals surface area contributed by atoms with Crippen LogP contribution in [0.3, 0.4) is 0 Å². The number of nitrogens with zero attached hydrogens (tertiary/aromatic N) is 1. The molecular weight excluding hydrogens is 236 g/mol. The molecule has 19 heavy (non-hydrogen) atoms. The Hall–Kier alpha value is -1.77. The van der Waals surface area contributed by atoms with E-state index in [0.29, 0.717) is 11.9 Å². The second kappa shape index (κ2) is 5.08. The molecule has 3 nitrogen and oxygen atoms in total. The number of hydrogen-bond acceptors (Lipinski definition) is 3. The highest BCUT2D eigenvalue weighted by molar-refractivity contribution is 5.62. The molecule has 3 rings (SSSR count). The van der Waals surface area contributed by atoms with Crippen molar-refractivity contribution in [2.24, 2.45) is 5.92 Å². The Balaban J connectivity index is 1.69. The van der Waals surface area contributed by atoms with Gasteiger partial charge in [-0.25, -0.2) is 4.98 Å². The van der Waals surface area contributed by atoms with Crippen LogP contribution in [0.1, 0.15) is 32.1 Å². The number of anilines is 1. The van der Waals surface area contributed by atoms with Crippen LogP contribution in [0, 0.1) is 12.8 Å². The highest BCUT2D eigenvalue weighted by Gasteiger charge is 2.20. The maximum absolute atomic E-state index is 5.24. The molecule has 1 aromatic heterocycles. The molecule has 3 heteroatoms. The van der Waals surface area contributed by atoms with Gasteiger partial charge >= 0.3 is 0 Å². The standard InChI is InChI=1S/C16H20N2O/c1-11-3-6-15(9-11)18-14-7-4-13(5-8-14)16-10-19-12(2)17-16/h4-5,7-8,10-11,15,18H,3,6,9H2,1-2H3. The van der Waals surface area contributed by atoms with Gasteiger partial charge in [-0.1, -0.05) is 19.1 Å². The number of nitrogens with one attached hydrogen (secondary N) is 1. The van der Waals surface area contributed by atoms with Crippen molar-refractivity contribution < 1.29 is 4.42 Å². The summed E-state index contributed by atoms with van der Waals surface area (Å²) in [7, 11) is 0. The highest BCUT2D eigenvalue weighted by atomic mass is 16.3. The van der Waals surface area contributed by atoms with Crippen LogP contribution >= 0.6 is 0 Å². The van der Waals surface area contributed by atoms with Gasteiger partial charge in [-0.05, 0) is 37.3 Å². The molecule has 1 aliphatic carbocycles. The molecule has 0 radical (unpaired) electrons. The summed E-state index contributed by atoms with van der Waals surface area (Å²) in [6.07, 6.45) is 5.61. The van der Waals surface area contributed by atoms with E-state index in [1.165, 1.54) is 24.9 Å². The van der Waals surface area contributed by atoms with Gasteiger partial charge in [0.15, 0.2) is 5.89 Å². The molecule has 0 saturated heterocycles. The molecule has 100 valence electrons. The average Bonchev–Trinajstić information content (AvgIpc) is 3.00. The predicted molar refractivity (Wildman–Crippen MR) is 77.1 cm³/mol. The third-order valence-electron chi connectivity index (χ3n) is 3.87. The number of aromatic nitrogens is 1. The first kappa shape index (κ1) is 12.3. The van der Waals surface area contributed by atoms with Crippen molar-refractivity contribution in [1.29, 1.82) is 0 Å². The lowest BCUT2D eigenvalue weighted by atomic mass is 10.1. The summed E-state index contributed by atoms with van der Waals surface area (Å²) in [6, 6.07) is 9.08. The van der Waals surface area contributed by atoms with Gasteiger partial charge in [-0.2, -0.15) is 0 Å². The Kier molecular flexibility index (Phi) is 3.28. The minimum absolute atomic E-state index is 0.634. The SMILES string of the molecule is Cc1nc(-c2ccc(NC3CCC(C)C3)cc2)co1. The van der Waals surface area contributed by atoms with E-state index in [-0.39, 0.29) is 0 Å². The second-order valence-electron chi connectivity index (χ2n) is 5.59. The molecule has 1 fully saturated rings. The largest absolute Gasteiger partial charge is 0.449 e. The molecule has 2 aromatic rings. The van der Waals surface area contributed by atoms with Crippen molar-refractivity contribution in [3.8, 4) is 11.3 Å². The van der Waals surface area contributed by atoms with E-state index in [4.69, 9.17) is 4.42 Å². The molecule has 0 aliphatic heterocycles. The monoisotopic (exact) mass is 256 g/mol. The molecule has 2 unspecified atom stereocenters. The summed E-state index contributed by atoms with van der Waals surface area (Å²) in [5, 5.41) is 3.61. The van der Waals surface area contributed by atoms with Crippen LogP contribution in [0.4, 0.5) is 5.69 Å². The van der Waals surface area contributed by atoms with Gasteiger partial charge in [0.1, 0.15) is 12.0 Å². The van der Waals surface area contributed by atoms with Crippen LogP contribution in [-0.4, -0.2) is 11.0 Å². The van der Waals surface area contributed by atoms with Crippen molar-refractivity contribution in [3.05, 3.63) is 36.4 Å². The summed E-state index contributed by atoms with van der Waals surface area (Å²) in [6.45, 7) is 4.19. The van der Waals surface area contributed by atoms with Crippen molar-refractivity contribution >= 4 is 5.69 Å². The van der Waals surface area contributed by atoms with Gasteiger partial charge in [0.05, 0.1) is 0 Å². The highest BCUT2D eigenvalue weighted by Crippen LogP contribution is 2.28. The third-order valence-corrected chi connectivity index (χ3v) is 3.87. The van der Waals surface area contributed by atoms with Gasteiger partial charge in [0.2, 0.25) is 0 Å². The molecule has 1 saturated carbocycles. The number of benzene rings is 1. The minimum atomic E-state index is 0.634. The van der Waals surface area contributed by atoms with Gasteiger partial charge < -0.3 is 9.73 Å². The molecular formula is C16H20N2O. The van der Waals surface area contributed by atoms with Gasteiger partial charge in [-0.3, -0.25) is 0 Å². The lowest BCUT2D eigenvalue weighted by Crippen LogP contribution is -2.14. The molecule has 2 atom stereocenters. The van der Waals surface area contributed by atoms with Crippen LogP contribution in [0.2, 0.25) is 0 Å². The Morgan fingerprint density at radius 2 is 2.00 bits per heavy atom. The number of oxazole rings is 1. The van der Waals surface area contributed by atoms with Gasteiger partial charge in [0, 0.05) is 24.2 Å². The van der Waals surface area contributed by atoms with E-state index < -0.39 is 0 Å². The molecule has 0 bridgehead atoms. The molecule has 1 heterocycles. The Morgan fingerprint density at radius 1 is 1.21 bits per heavy atom. The summed E-state index contributed by atoms with van der Waals surface area (Å²) in [5.41, 5.74) is 3.20. The van der Waals surface area contributed by atoms with E-state index in [0.717, 1.165) is 17.2 Å². The summed E-state index contributed by atoms with van der Waals surface area (Å²) < 4.78 is 5.24. The van der Waals surface area contributed by atoms with Gasteiger partial charge in [0.25, 0.3) is 0 Å². The zero-order chi connectivity index (χ0) is 13.2. The Morgan fingerprint density at radius 3 is 2.58 bits per heavy atom. The van der Waals surface area contributed by atoms with Crippen molar-refractivity contribution in [2.75, 3.05) is 5.32 Å². The fourth-order valence-electron chi connectivity index (χ4n) is 2.81. The Bertz CT molecular complexity index is 544. The smallest absolute Gasteiger partial charge is 0.191 e. The molecule has 1 aromatic carbocycles. The topological polar surface area (TPSA) is 38.1 Å². The predicted octanol–water partition coefficient (Wildman–Crippen LogP) is 4.25. The van der Waals surface area contributed by atoms with Crippen molar-refractivity contribution in [3.63, 3.8) is 0 Å². The van der Waals surface area contributed by atoms with E-state index in [1.54, 1.807) is 6.26 Å². The number of aryl methyl sites for hydroxylation is 1. The zero-order valence-corrected chi connectivity index (χ0v) is 11.5. The molecule has 1 N–H and O–H groups in total. The normalized spacial score (nSPS) is 22.6. The first-order valence-corrected chi connectivity index (χ1v) is 7.00. The van der Waals surface area contributed by atoms with Crippen LogP contribution in [0.5, 0.6) is 0 Å². The fourth-order valence-corrected chi connectivity index (χ4v) is 2.81. The first-order chi connectivity index (χ1) is 9.20. The maximum Gasteiger partial charge on any atom is 0.191 e. The van der Waals surface area contributed by atoms with Crippen molar-refractivity contribution in [1.82, 2.24) is 4.98 Å².